The Labute approximate surface area is 160 Å². The number of nitrogens with one attached hydrogen (secondary N) is 2. The number of hydrogen-bond donors (Lipinski definition) is 4. The number of hydrogen-bond acceptors (Lipinski definition) is 7. The summed E-state index contributed by atoms with van der Waals surface area (Å²) in [6.07, 6.45) is 1.63. The molecule has 1 atom stereocenters. The van der Waals surface area contributed by atoms with Crippen LogP contribution >= 0.6 is 11.3 Å². The molecule has 1 unspecified atom stereocenters. The monoisotopic (exact) mass is 393 g/mol. The predicted molar refractivity (Wildman–Crippen MR) is 102 cm³/mol. The van der Waals surface area contributed by atoms with Crippen molar-refractivity contribution in [3.8, 4) is 5.75 Å². The first kappa shape index (κ1) is 20.6. The molecule has 0 fully saturated rings. The van der Waals surface area contributed by atoms with Gasteiger partial charge >= 0.3 is 12.0 Å². The Morgan fingerprint density at radius 2 is 2.00 bits per heavy atom. The molecule has 0 aliphatic heterocycles. The zero-order valence-corrected chi connectivity index (χ0v) is 15.8. The van der Waals surface area contributed by atoms with E-state index >= 15 is 0 Å². The molecule has 9 nitrogen and oxygen atoms in total. The van der Waals surface area contributed by atoms with Gasteiger partial charge in [0.05, 0.1) is 0 Å². The zero-order chi connectivity index (χ0) is 19.6. The third kappa shape index (κ3) is 7.19. The Balaban J connectivity index is 1.81. The largest absolute Gasteiger partial charge is 0.486 e. The van der Waals surface area contributed by atoms with Gasteiger partial charge < -0.3 is 20.9 Å². The van der Waals surface area contributed by atoms with Gasteiger partial charge in [-0.2, -0.15) is 0 Å². The quantitative estimate of drug-likeness (QED) is 0.453. The van der Waals surface area contributed by atoms with E-state index in [4.69, 9.17) is 10.5 Å². The van der Waals surface area contributed by atoms with E-state index in [-0.39, 0.29) is 11.7 Å². The molecule has 0 saturated carbocycles. The second kappa shape index (κ2) is 10.4. The number of amides is 2. The van der Waals surface area contributed by atoms with Crippen LogP contribution in [-0.2, 0) is 11.4 Å². The number of rotatable bonds is 10. The molecule has 0 radical (unpaired) electrons. The average molecular weight is 393 g/mol. The summed E-state index contributed by atoms with van der Waals surface area (Å²) in [5.74, 6) is -0.378. The maximum atomic E-state index is 12.0. The number of aliphatic carboxylic acids is 1. The van der Waals surface area contributed by atoms with Crippen molar-refractivity contribution in [3.05, 3.63) is 34.8 Å². The molecule has 0 aliphatic rings. The number of carboxylic acid groups (broad SMARTS) is 1. The summed E-state index contributed by atoms with van der Waals surface area (Å²) in [5.41, 5.74) is 6.53. The SMILES string of the molecule is Cc1ccc(OCc2nnc(NC(=O)NC(CCCCN)C(=O)O)s2)cc1. The smallest absolute Gasteiger partial charge is 0.326 e. The standard InChI is InChI=1S/C17H23N5O4S/c1-11-5-7-12(8-6-11)26-10-14-21-22-17(27-14)20-16(25)19-13(15(23)24)4-2-3-9-18/h5-8,13H,2-4,9-10,18H2,1H3,(H,23,24)(H2,19,20,22,25). The number of nitrogens with two attached hydrogens (primary N) is 1. The van der Waals surface area contributed by atoms with Crippen LogP contribution in [0.5, 0.6) is 5.75 Å². The molecular formula is C17H23N5O4S. The Kier molecular flexibility index (Phi) is 7.96. The molecule has 1 heterocycles. The lowest BCUT2D eigenvalue weighted by atomic mass is 10.1. The Hall–Kier alpha value is -2.72. The van der Waals surface area contributed by atoms with Crippen molar-refractivity contribution in [2.45, 2.75) is 38.8 Å². The fraction of sp³-hybridized carbons (Fsp3) is 0.412. The van der Waals surface area contributed by atoms with E-state index < -0.39 is 18.0 Å². The molecule has 1 aromatic carbocycles. The molecule has 5 N–H and O–H groups in total. The maximum Gasteiger partial charge on any atom is 0.326 e. The number of carbonyl (C=O) groups excluding carboxylic acids is 1. The van der Waals surface area contributed by atoms with E-state index in [1.54, 1.807) is 0 Å². The predicted octanol–water partition coefficient (Wildman–Crippen LogP) is 2.13. The molecular weight excluding hydrogens is 370 g/mol. The van der Waals surface area contributed by atoms with E-state index in [0.717, 1.165) is 16.9 Å². The van der Waals surface area contributed by atoms with Gasteiger partial charge in [-0.05, 0) is 44.9 Å². The molecule has 27 heavy (non-hydrogen) atoms. The van der Waals surface area contributed by atoms with Crippen molar-refractivity contribution in [1.82, 2.24) is 15.5 Å². The van der Waals surface area contributed by atoms with Gasteiger partial charge in [-0.1, -0.05) is 29.0 Å². The lowest BCUT2D eigenvalue weighted by Crippen LogP contribution is -2.43. The van der Waals surface area contributed by atoms with Crippen LogP contribution in [-0.4, -0.2) is 39.9 Å². The first-order chi connectivity index (χ1) is 13.0. The number of aryl methyl sites for hydroxylation is 1. The molecule has 2 amide bonds. The first-order valence-corrected chi connectivity index (χ1v) is 9.32. The topological polar surface area (TPSA) is 139 Å². The summed E-state index contributed by atoms with van der Waals surface area (Å²) in [6, 6.07) is 5.99. The third-order valence-corrected chi connectivity index (χ3v) is 4.43. The summed E-state index contributed by atoms with van der Waals surface area (Å²) < 4.78 is 5.61. The summed E-state index contributed by atoms with van der Waals surface area (Å²) >= 11 is 1.16. The highest BCUT2D eigenvalue weighted by molar-refractivity contribution is 7.15. The fourth-order valence-electron chi connectivity index (χ4n) is 2.18. The van der Waals surface area contributed by atoms with Gasteiger partial charge in [0.2, 0.25) is 5.13 Å². The van der Waals surface area contributed by atoms with Crippen LogP contribution in [0.4, 0.5) is 9.93 Å². The molecule has 2 rings (SSSR count). The van der Waals surface area contributed by atoms with Gasteiger partial charge in [0.25, 0.3) is 0 Å². The molecule has 0 spiro atoms. The number of anilines is 1. The lowest BCUT2D eigenvalue weighted by molar-refractivity contribution is -0.139. The van der Waals surface area contributed by atoms with Crippen molar-refractivity contribution in [1.29, 1.82) is 0 Å². The normalized spacial score (nSPS) is 11.6. The van der Waals surface area contributed by atoms with E-state index in [1.807, 2.05) is 31.2 Å². The summed E-state index contributed by atoms with van der Waals surface area (Å²) in [5, 5.41) is 22.7. The van der Waals surface area contributed by atoms with Crippen LogP contribution in [0, 0.1) is 6.92 Å². The molecule has 1 aromatic heterocycles. The first-order valence-electron chi connectivity index (χ1n) is 8.50. The van der Waals surface area contributed by atoms with E-state index in [1.165, 1.54) is 0 Å². The Morgan fingerprint density at radius 1 is 1.26 bits per heavy atom. The number of unbranched alkanes of at least 4 members (excludes halogenated alkanes) is 1. The van der Waals surface area contributed by atoms with Crippen LogP contribution in [0.1, 0.15) is 29.8 Å². The van der Waals surface area contributed by atoms with E-state index in [2.05, 4.69) is 20.8 Å². The maximum absolute atomic E-state index is 12.0. The van der Waals surface area contributed by atoms with E-state index in [9.17, 15) is 14.7 Å². The number of benzene rings is 1. The van der Waals surface area contributed by atoms with Crippen LogP contribution in [0.15, 0.2) is 24.3 Å². The minimum absolute atomic E-state index is 0.223. The van der Waals surface area contributed by atoms with Crippen LogP contribution < -0.4 is 21.1 Å². The lowest BCUT2D eigenvalue weighted by Gasteiger charge is -2.13. The van der Waals surface area contributed by atoms with Crippen LogP contribution in [0.2, 0.25) is 0 Å². The van der Waals surface area contributed by atoms with Crippen molar-refractivity contribution >= 4 is 28.5 Å². The van der Waals surface area contributed by atoms with E-state index in [0.29, 0.717) is 36.6 Å². The van der Waals surface area contributed by atoms with Gasteiger partial charge in [0.1, 0.15) is 18.4 Å². The summed E-state index contributed by atoms with van der Waals surface area (Å²) in [6.45, 7) is 2.70. The minimum atomic E-state index is -1.09. The molecule has 0 bridgehead atoms. The summed E-state index contributed by atoms with van der Waals surface area (Å²) in [4.78, 5) is 23.2. The average Bonchev–Trinajstić information content (AvgIpc) is 3.07. The Bertz CT molecular complexity index is 750. The summed E-state index contributed by atoms with van der Waals surface area (Å²) in [7, 11) is 0. The van der Waals surface area contributed by atoms with Crippen molar-refractivity contribution in [2.24, 2.45) is 5.73 Å². The molecule has 0 aliphatic carbocycles. The highest BCUT2D eigenvalue weighted by Gasteiger charge is 2.20. The number of ether oxygens (including phenoxy) is 1. The minimum Gasteiger partial charge on any atom is -0.486 e. The third-order valence-electron chi connectivity index (χ3n) is 3.62. The van der Waals surface area contributed by atoms with Crippen LogP contribution in [0.3, 0.4) is 0 Å². The fourth-order valence-corrected chi connectivity index (χ4v) is 2.83. The second-order valence-corrected chi connectivity index (χ2v) is 6.94. The zero-order valence-electron chi connectivity index (χ0n) is 15.0. The number of urea groups is 1. The van der Waals surface area contributed by atoms with Crippen molar-refractivity contribution in [3.63, 3.8) is 0 Å². The number of nitrogens with zero attached hydrogens (tertiary/aromatic N) is 2. The number of carbonyl (C=O) groups is 2. The highest BCUT2D eigenvalue weighted by Crippen LogP contribution is 2.18. The molecule has 2 aromatic rings. The molecule has 0 saturated heterocycles. The molecule has 10 heteroatoms. The van der Waals surface area contributed by atoms with Gasteiger partial charge in [-0.15, -0.1) is 10.2 Å². The second-order valence-electron chi connectivity index (χ2n) is 5.88. The van der Waals surface area contributed by atoms with Crippen LogP contribution in [0.25, 0.3) is 0 Å². The van der Waals surface area contributed by atoms with Crippen molar-refractivity contribution in [2.75, 3.05) is 11.9 Å². The molecule has 146 valence electrons. The van der Waals surface area contributed by atoms with Gasteiger partial charge in [0.15, 0.2) is 5.01 Å². The number of carboxylic acids is 1. The Morgan fingerprint density at radius 3 is 2.67 bits per heavy atom. The van der Waals surface area contributed by atoms with Gasteiger partial charge in [-0.3, -0.25) is 5.32 Å². The van der Waals surface area contributed by atoms with Gasteiger partial charge in [-0.25, -0.2) is 9.59 Å². The van der Waals surface area contributed by atoms with Crippen molar-refractivity contribution < 1.29 is 19.4 Å². The number of aromatic nitrogens is 2. The van der Waals surface area contributed by atoms with Gasteiger partial charge in [0, 0.05) is 0 Å². The highest BCUT2D eigenvalue weighted by atomic mass is 32.1.